The van der Waals surface area contributed by atoms with Crippen molar-refractivity contribution in [3.05, 3.63) is 42.5 Å². The molecule has 0 saturated carbocycles. The van der Waals surface area contributed by atoms with E-state index >= 15 is 0 Å². The summed E-state index contributed by atoms with van der Waals surface area (Å²) < 4.78 is 63.8. The number of rotatable bonds is 11. The van der Waals surface area contributed by atoms with Crippen LogP contribution in [-0.4, -0.2) is 67.2 Å². The smallest absolute Gasteiger partial charge is 0.243 e. The molecule has 1 amide bonds. The van der Waals surface area contributed by atoms with Gasteiger partial charge < -0.3 is 14.8 Å². The molecule has 0 spiro atoms. The Labute approximate surface area is 206 Å². The SMILES string of the molecule is COc1ccc(S(=O)(=O)N2CCCC2)cc1NC(=O)CCCN(c1ccccc1OC)S(C)(=O)=O. The highest BCUT2D eigenvalue weighted by Gasteiger charge is 2.28. The standard InChI is InChI=1S/C23H31N3O7S2/c1-32-21-13-12-18(35(30,31)25-14-6-7-15-25)17-19(21)24-23(27)11-8-16-26(34(3,28)29)20-9-4-5-10-22(20)33-2/h4-5,9-10,12-13,17H,6-8,11,14-16H2,1-3H3,(H,24,27). The van der Waals surface area contributed by atoms with Crippen LogP contribution in [0.1, 0.15) is 25.7 Å². The Morgan fingerprint density at radius 3 is 2.29 bits per heavy atom. The number of hydrogen-bond acceptors (Lipinski definition) is 7. The minimum Gasteiger partial charge on any atom is -0.495 e. The average molecular weight is 526 g/mol. The molecule has 0 aliphatic carbocycles. The quantitative estimate of drug-likeness (QED) is 0.479. The van der Waals surface area contributed by atoms with Gasteiger partial charge in [0.2, 0.25) is 26.0 Å². The summed E-state index contributed by atoms with van der Waals surface area (Å²) in [6.07, 6.45) is 2.96. The number of para-hydroxylation sites is 2. The molecule has 0 bridgehead atoms. The fourth-order valence-electron chi connectivity index (χ4n) is 3.92. The van der Waals surface area contributed by atoms with Gasteiger partial charge >= 0.3 is 0 Å². The Balaban J connectivity index is 1.71. The molecule has 0 unspecified atom stereocenters. The largest absolute Gasteiger partial charge is 0.495 e. The van der Waals surface area contributed by atoms with Gasteiger partial charge in [0, 0.05) is 26.1 Å². The second kappa shape index (κ2) is 11.3. The number of nitrogens with zero attached hydrogens (tertiary/aromatic N) is 2. The summed E-state index contributed by atoms with van der Waals surface area (Å²) in [4.78, 5) is 12.7. The highest BCUT2D eigenvalue weighted by atomic mass is 32.2. The lowest BCUT2D eigenvalue weighted by molar-refractivity contribution is -0.116. The lowest BCUT2D eigenvalue weighted by atomic mass is 10.2. The Hall–Kier alpha value is -2.83. The summed E-state index contributed by atoms with van der Waals surface area (Å²) in [5, 5.41) is 2.70. The minimum absolute atomic E-state index is 0.00737. The fraction of sp³-hybridized carbons (Fsp3) is 0.435. The molecule has 2 aromatic carbocycles. The molecule has 10 nitrogen and oxygen atoms in total. The van der Waals surface area contributed by atoms with Gasteiger partial charge in [-0.3, -0.25) is 9.10 Å². The number of nitrogens with one attached hydrogen (secondary N) is 1. The molecule has 1 heterocycles. The number of anilines is 2. The first-order valence-electron chi connectivity index (χ1n) is 11.2. The molecular formula is C23H31N3O7S2. The van der Waals surface area contributed by atoms with Gasteiger partial charge in [-0.1, -0.05) is 12.1 Å². The number of carbonyl (C=O) groups is 1. The predicted molar refractivity (Wildman–Crippen MR) is 134 cm³/mol. The zero-order chi connectivity index (χ0) is 25.6. The van der Waals surface area contributed by atoms with E-state index in [-0.39, 0.29) is 30.0 Å². The van der Waals surface area contributed by atoms with Crippen LogP contribution < -0.4 is 19.1 Å². The van der Waals surface area contributed by atoms with Gasteiger partial charge in [0.05, 0.1) is 36.7 Å². The van der Waals surface area contributed by atoms with Gasteiger partial charge in [0.25, 0.3) is 0 Å². The normalized spacial score (nSPS) is 14.5. The van der Waals surface area contributed by atoms with Crippen molar-refractivity contribution in [2.75, 3.05) is 49.7 Å². The Bertz CT molecular complexity index is 1260. The van der Waals surface area contributed by atoms with E-state index in [4.69, 9.17) is 9.47 Å². The summed E-state index contributed by atoms with van der Waals surface area (Å²) in [6.45, 7) is 1.01. The van der Waals surface area contributed by atoms with Gasteiger partial charge in [-0.15, -0.1) is 0 Å². The summed E-state index contributed by atoms with van der Waals surface area (Å²) >= 11 is 0. The molecule has 2 aromatic rings. The van der Waals surface area contributed by atoms with Crippen LogP contribution in [0.3, 0.4) is 0 Å². The van der Waals surface area contributed by atoms with E-state index in [1.807, 2.05) is 0 Å². The van der Waals surface area contributed by atoms with E-state index < -0.39 is 26.0 Å². The number of methoxy groups -OCH3 is 2. The van der Waals surface area contributed by atoms with E-state index in [0.717, 1.165) is 19.1 Å². The number of benzene rings is 2. The number of sulfonamides is 2. The Morgan fingerprint density at radius 2 is 1.66 bits per heavy atom. The second-order valence-electron chi connectivity index (χ2n) is 8.13. The number of ether oxygens (including phenoxy) is 2. The summed E-state index contributed by atoms with van der Waals surface area (Å²) in [5.74, 6) is 0.334. The molecular weight excluding hydrogens is 494 g/mol. The number of hydrogen-bond donors (Lipinski definition) is 1. The van der Waals surface area contributed by atoms with Crippen molar-refractivity contribution in [1.29, 1.82) is 0 Å². The number of carbonyl (C=O) groups excluding carboxylic acids is 1. The second-order valence-corrected chi connectivity index (χ2v) is 12.0. The maximum Gasteiger partial charge on any atom is 0.243 e. The molecule has 1 aliphatic heterocycles. The maximum absolute atomic E-state index is 12.9. The van der Waals surface area contributed by atoms with Gasteiger partial charge in [0.1, 0.15) is 11.5 Å². The van der Waals surface area contributed by atoms with Crippen LogP contribution in [0.5, 0.6) is 11.5 Å². The monoisotopic (exact) mass is 525 g/mol. The Kier molecular flexibility index (Phi) is 8.62. The molecule has 1 saturated heterocycles. The molecule has 35 heavy (non-hydrogen) atoms. The van der Waals surface area contributed by atoms with E-state index in [1.165, 1.54) is 41.0 Å². The maximum atomic E-state index is 12.9. The average Bonchev–Trinajstić information content (AvgIpc) is 3.37. The highest BCUT2D eigenvalue weighted by molar-refractivity contribution is 7.92. The van der Waals surface area contributed by atoms with Gasteiger partial charge in [0.15, 0.2) is 0 Å². The first-order chi connectivity index (χ1) is 16.6. The summed E-state index contributed by atoms with van der Waals surface area (Å²) in [5.41, 5.74) is 0.627. The zero-order valence-corrected chi connectivity index (χ0v) is 21.7. The zero-order valence-electron chi connectivity index (χ0n) is 20.1. The van der Waals surface area contributed by atoms with Crippen LogP contribution in [0, 0.1) is 0 Å². The van der Waals surface area contributed by atoms with Gasteiger partial charge in [-0.05, 0) is 49.6 Å². The van der Waals surface area contributed by atoms with Crippen LogP contribution in [0.4, 0.5) is 11.4 Å². The van der Waals surface area contributed by atoms with Gasteiger partial charge in [-0.2, -0.15) is 4.31 Å². The molecule has 0 atom stereocenters. The predicted octanol–water partition coefficient (Wildman–Crippen LogP) is 2.67. The van der Waals surface area contributed by atoms with Crippen molar-refractivity contribution < 1.29 is 31.1 Å². The van der Waals surface area contributed by atoms with Gasteiger partial charge in [-0.25, -0.2) is 16.8 Å². The van der Waals surface area contributed by atoms with Crippen molar-refractivity contribution in [1.82, 2.24) is 4.31 Å². The molecule has 1 aliphatic rings. The lowest BCUT2D eigenvalue weighted by Gasteiger charge is -2.24. The molecule has 0 aromatic heterocycles. The van der Waals surface area contributed by atoms with E-state index in [9.17, 15) is 21.6 Å². The lowest BCUT2D eigenvalue weighted by Crippen LogP contribution is -2.31. The van der Waals surface area contributed by atoms with Crippen LogP contribution in [0.2, 0.25) is 0 Å². The third kappa shape index (κ3) is 6.44. The molecule has 1 N–H and O–H groups in total. The topological polar surface area (TPSA) is 122 Å². The molecule has 192 valence electrons. The van der Waals surface area contributed by atoms with Crippen molar-refractivity contribution in [2.45, 2.75) is 30.6 Å². The summed E-state index contributed by atoms with van der Waals surface area (Å²) in [6, 6.07) is 11.1. The first-order valence-corrected chi connectivity index (χ1v) is 14.5. The van der Waals surface area contributed by atoms with Crippen molar-refractivity contribution in [2.24, 2.45) is 0 Å². The number of amides is 1. The van der Waals surface area contributed by atoms with Crippen LogP contribution in [-0.2, 0) is 24.8 Å². The van der Waals surface area contributed by atoms with E-state index in [0.29, 0.717) is 30.3 Å². The van der Waals surface area contributed by atoms with E-state index in [2.05, 4.69) is 5.32 Å². The summed E-state index contributed by atoms with van der Waals surface area (Å²) in [7, 11) is -4.40. The van der Waals surface area contributed by atoms with E-state index in [1.54, 1.807) is 24.3 Å². The Morgan fingerprint density at radius 1 is 1.00 bits per heavy atom. The molecule has 0 radical (unpaired) electrons. The van der Waals surface area contributed by atoms with Crippen LogP contribution in [0.15, 0.2) is 47.4 Å². The molecule has 3 rings (SSSR count). The van der Waals surface area contributed by atoms with Crippen molar-refractivity contribution >= 4 is 37.3 Å². The first kappa shape index (κ1) is 26.8. The van der Waals surface area contributed by atoms with Crippen molar-refractivity contribution in [3.63, 3.8) is 0 Å². The van der Waals surface area contributed by atoms with Crippen LogP contribution >= 0.6 is 0 Å². The fourth-order valence-corrected chi connectivity index (χ4v) is 6.43. The molecule has 1 fully saturated rings. The van der Waals surface area contributed by atoms with Crippen molar-refractivity contribution in [3.8, 4) is 11.5 Å². The molecule has 12 heteroatoms. The highest BCUT2D eigenvalue weighted by Crippen LogP contribution is 2.31. The third-order valence-electron chi connectivity index (χ3n) is 5.67. The minimum atomic E-state index is -3.66. The third-order valence-corrected chi connectivity index (χ3v) is 8.74. The van der Waals surface area contributed by atoms with Crippen LogP contribution in [0.25, 0.3) is 0 Å².